The highest BCUT2D eigenvalue weighted by Gasteiger charge is 2.34. The molecule has 8 heteroatoms. The number of hydrogen-bond acceptors (Lipinski definition) is 6. The normalized spacial score (nSPS) is 13.6. The number of carbonyl (C=O) groups is 1. The van der Waals surface area contributed by atoms with Gasteiger partial charge < -0.3 is 10.1 Å². The molecular weight excluding hydrogens is 264 g/mol. The summed E-state index contributed by atoms with van der Waals surface area (Å²) in [4.78, 5) is 36.5. The van der Waals surface area contributed by atoms with Gasteiger partial charge in [0.15, 0.2) is 0 Å². The molecule has 0 aromatic carbocycles. The molecule has 0 radical (unpaired) electrons. The number of esters is 1. The lowest BCUT2D eigenvalue weighted by molar-refractivity contribution is -0.148. The Morgan fingerprint density at radius 3 is 2.65 bits per heavy atom. The van der Waals surface area contributed by atoms with Crippen LogP contribution in [0.15, 0.2) is 9.59 Å². The standard InChI is InChI=1S/C12H20N4O4/c1-4-6-7-20-10(18)12(3,5-2)14-8-9(17)13-11(19)16-15-8/h4-7H2,1-3H3,(H,14,15)(H2,13,16,17,19)/t12-/m0/s1. The third-order valence-electron chi connectivity index (χ3n) is 2.99. The van der Waals surface area contributed by atoms with Gasteiger partial charge in [0.25, 0.3) is 5.56 Å². The van der Waals surface area contributed by atoms with Gasteiger partial charge in [-0.1, -0.05) is 20.3 Å². The number of nitrogens with one attached hydrogen (secondary N) is 3. The van der Waals surface area contributed by atoms with E-state index in [0.717, 1.165) is 12.8 Å². The fourth-order valence-electron chi connectivity index (χ4n) is 1.45. The van der Waals surface area contributed by atoms with E-state index in [1.54, 1.807) is 13.8 Å². The average Bonchev–Trinajstić information content (AvgIpc) is 2.42. The number of ether oxygens (including phenoxy) is 1. The van der Waals surface area contributed by atoms with Gasteiger partial charge in [-0.3, -0.25) is 9.78 Å². The molecule has 20 heavy (non-hydrogen) atoms. The minimum atomic E-state index is -1.08. The van der Waals surface area contributed by atoms with Crippen LogP contribution in [-0.4, -0.2) is 33.3 Å². The minimum absolute atomic E-state index is 0.124. The third kappa shape index (κ3) is 3.94. The lowest BCUT2D eigenvalue weighted by Crippen LogP contribution is -2.46. The molecule has 0 aliphatic carbocycles. The van der Waals surface area contributed by atoms with Crippen molar-refractivity contribution in [2.75, 3.05) is 11.9 Å². The molecule has 1 rings (SSSR count). The van der Waals surface area contributed by atoms with E-state index in [2.05, 4.69) is 15.5 Å². The van der Waals surface area contributed by atoms with E-state index in [9.17, 15) is 14.4 Å². The van der Waals surface area contributed by atoms with Crippen molar-refractivity contribution in [1.29, 1.82) is 0 Å². The zero-order valence-corrected chi connectivity index (χ0v) is 11.9. The zero-order valence-electron chi connectivity index (χ0n) is 11.9. The van der Waals surface area contributed by atoms with Crippen molar-refractivity contribution in [3.63, 3.8) is 0 Å². The molecule has 0 bridgehead atoms. The fourth-order valence-corrected chi connectivity index (χ4v) is 1.45. The lowest BCUT2D eigenvalue weighted by atomic mass is 9.99. The Balaban J connectivity index is 2.85. The molecule has 3 N–H and O–H groups in total. The summed E-state index contributed by atoms with van der Waals surface area (Å²) in [6.45, 7) is 5.73. The van der Waals surface area contributed by atoms with E-state index >= 15 is 0 Å². The summed E-state index contributed by atoms with van der Waals surface area (Å²) < 4.78 is 5.16. The number of aromatic nitrogens is 3. The molecule has 0 amide bonds. The molecular formula is C12H20N4O4. The van der Waals surface area contributed by atoms with Crippen molar-refractivity contribution in [2.24, 2.45) is 0 Å². The van der Waals surface area contributed by atoms with Crippen molar-refractivity contribution in [2.45, 2.75) is 45.6 Å². The number of aromatic amines is 2. The van der Waals surface area contributed by atoms with E-state index in [0.29, 0.717) is 13.0 Å². The van der Waals surface area contributed by atoms with Gasteiger partial charge >= 0.3 is 11.7 Å². The van der Waals surface area contributed by atoms with Crippen LogP contribution in [0.4, 0.5) is 5.82 Å². The van der Waals surface area contributed by atoms with Gasteiger partial charge in [0.1, 0.15) is 5.54 Å². The van der Waals surface area contributed by atoms with Crippen molar-refractivity contribution < 1.29 is 9.53 Å². The highest BCUT2D eigenvalue weighted by atomic mass is 16.5. The molecule has 0 aliphatic rings. The molecule has 0 fully saturated rings. The molecule has 0 saturated carbocycles. The Morgan fingerprint density at radius 2 is 2.10 bits per heavy atom. The topological polar surface area (TPSA) is 117 Å². The van der Waals surface area contributed by atoms with E-state index < -0.39 is 22.8 Å². The molecule has 0 saturated heterocycles. The van der Waals surface area contributed by atoms with Crippen molar-refractivity contribution in [1.82, 2.24) is 15.2 Å². The molecule has 1 aromatic heterocycles. The first-order valence-electron chi connectivity index (χ1n) is 6.57. The maximum absolute atomic E-state index is 12.1. The summed E-state index contributed by atoms with van der Waals surface area (Å²) in [7, 11) is 0. The van der Waals surface area contributed by atoms with Gasteiger partial charge in [-0.25, -0.2) is 14.7 Å². The molecule has 0 unspecified atom stereocenters. The van der Waals surface area contributed by atoms with Gasteiger partial charge in [-0.15, -0.1) is 5.10 Å². The number of unbranched alkanes of at least 4 members (excludes halogenated alkanes) is 1. The molecule has 1 aromatic rings. The summed E-state index contributed by atoms with van der Waals surface area (Å²) >= 11 is 0. The number of hydrogen-bond donors (Lipinski definition) is 3. The molecule has 8 nitrogen and oxygen atoms in total. The molecule has 112 valence electrons. The van der Waals surface area contributed by atoms with E-state index in [1.165, 1.54) is 0 Å². The van der Waals surface area contributed by atoms with Crippen molar-refractivity contribution in [3.05, 3.63) is 20.8 Å². The smallest absolute Gasteiger partial charge is 0.342 e. The zero-order chi connectivity index (χ0) is 15.2. The van der Waals surface area contributed by atoms with Crippen molar-refractivity contribution >= 4 is 11.8 Å². The van der Waals surface area contributed by atoms with Gasteiger partial charge in [-0.05, 0) is 19.8 Å². The highest BCUT2D eigenvalue weighted by molar-refractivity contribution is 5.83. The lowest BCUT2D eigenvalue weighted by Gasteiger charge is -2.27. The van der Waals surface area contributed by atoms with E-state index in [1.807, 2.05) is 11.9 Å². The Kier molecular flexibility index (Phi) is 5.48. The summed E-state index contributed by atoms with van der Waals surface area (Å²) in [5, 5.41) is 8.42. The van der Waals surface area contributed by atoms with Crippen LogP contribution in [0, 0.1) is 0 Å². The minimum Gasteiger partial charge on any atom is -0.464 e. The number of H-pyrrole nitrogens is 2. The second-order valence-electron chi connectivity index (χ2n) is 4.66. The summed E-state index contributed by atoms with van der Waals surface area (Å²) in [5.41, 5.74) is -2.47. The van der Waals surface area contributed by atoms with Crippen LogP contribution in [0.3, 0.4) is 0 Å². The molecule has 1 atom stereocenters. The summed E-state index contributed by atoms with van der Waals surface area (Å²) in [6.07, 6.45) is 2.10. The van der Waals surface area contributed by atoms with Crippen LogP contribution in [0.2, 0.25) is 0 Å². The second-order valence-corrected chi connectivity index (χ2v) is 4.66. The summed E-state index contributed by atoms with van der Waals surface area (Å²) in [5.74, 6) is -0.581. The Morgan fingerprint density at radius 1 is 1.40 bits per heavy atom. The monoisotopic (exact) mass is 284 g/mol. The van der Waals surface area contributed by atoms with E-state index in [-0.39, 0.29) is 5.82 Å². The van der Waals surface area contributed by atoms with Crippen LogP contribution in [0.1, 0.15) is 40.0 Å². The first kappa shape index (κ1) is 15.9. The third-order valence-corrected chi connectivity index (χ3v) is 2.99. The predicted molar refractivity (Wildman–Crippen MR) is 73.7 cm³/mol. The number of carbonyl (C=O) groups excluding carboxylic acids is 1. The van der Waals surface area contributed by atoms with Gasteiger partial charge in [-0.2, -0.15) is 0 Å². The van der Waals surface area contributed by atoms with Crippen LogP contribution in [0.25, 0.3) is 0 Å². The van der Waals surface area contributed by atoms with Crippen molar-refractivity contribution in [3.8, 4) is 0 Å². The van der Waals surface area contributed by atoms with E-state index in [4.69, 9.17) is 4.74 Å². The Labute approximate surface area is 115 Å². The molecule has 0 spiro atoms. The van der Waals surface area contributed by atoms with Crippen LogP contribution in [-0.2, 0) is 9.53 Å². The Bertz CT molecular complexity index is 565. The average molecular weight is 284 g/mol. The first-order chi connectivity index (χ1) is 9.42. The number of anilines is 1. The van der Waals surface area contributed by atoms with Gasteiger partial charge in [0, 0.05) is 0 Å². The van der Waals surface area contributed by atoms with Gasteiger partial charge in [0.05, 0.1) is 6.61 Å². The largest absolute Gasteiger partial charge is 0.464 e. The maximum atomic E-state index is 12.1. The summed E-state index contributed by atoms with van der Waals surface area (Å²) in [6, 6.07) is 0. The quantitative estimate of drug-likeness (QED) is 0.492. The van der Waals surface area contributed by atoms with Gasteiger partial charge in [0.2, 0.25) is 5.82 Å². The number of rotatable bonds is 7. The maximum Gasteiger partial charge on any atom is 0.342 e. The number of nitrogens with zero attached hydrogens (tertiary/aromatic N) is 1. The second kappa shape index (κ2) is 6.88. The van der Waals surface area contributed by atoms with Crippen LogP contribution >= 0.6 is 0 Å². The SMILES string of the molecule is CCCCOC(=O)[C@](C)(CC)Nc1n[nH]c(=O)[nH]c1=O. The van der Waals surface area contributed by atoms with Crippen LogP contribution < -0.4 is 16.6 Å². The first-order valence-corrected chi connectivity index (χ1v) is 6.57. The van der Waals surface area contributed by atoms with Crippen LogP contribution in [0.5, 0.6) is 0 Å². The molecule has 0 aliphatic heterocycles. The highest BCUT2D eigenvalue weighted by Crippen LogP contribution is 2.16. The Hall–Kier alpha value is -2.12. The fraction of sp³-hybridized carbons (Fsp3) is 0.667. The predicted octanol–water partition coefficient (Wildman–Crippen LogP) is 0.382. The molecule has 1 heterocycles.